The lowest BCUT2D eigenvalue weighted by Crippen LogP contribution is -2.55. The van der Waals surface area contributed by atoms with Crippen LogP contribution in [0.4, 0.5) is 0 Å². The summed E-state index contributed by atoms with van der Waals surface area (Å²) in [7, 11) is 0. The van der Waals surface area contributed by atoms with Gasteiger partial charge >= 0.3 is 5.97 Å². The quantitative estimate of drug-likeness (QED) is 0.621. The van der Waals surface area contributed by atoms with Crippen LogP contribution in [-0.2, 0) is 9.53 Å². The van der Waals surface area contributed by atoms with E-state index in [-0.39, 0.29) is 5.97 Å². The zero-order valence-electron chi connectivity index (χ0n) is 9.06. The Morgan fingerprint density at radius 1 is 1.06 bits per heavy atom. The van der Waals surface area contributed by atoms with Gasteiger partial charge in [0.1, 0.15) is 5.76 Å². The number of carbonyl (C=O) groups is 1. The standard InChI is InChI=1S/C6H12N2.C5H3BrO2/c1-2-8-5-3-7(1)4-6-8;6-3-4-1-2-5(7)8-4/h1-6H2;1-3H/b;4-3-. The first-order valence-corrected chi connectivity index (χ1v) is 6.34. The highest BCUT2D eigenvalue weighted by Gasteiger charge is 2.21. The minimum absolute atomic E-state index is 0.310. The number of ether oxygens (including phenoxy) is 1. The van der Waals surface area contributed by atoms with Crippen LogP contribution in [0.25, 0.3) is 0 Å². The first kappa shape index (κ1) is 11.8. The summed E-state index contributed by atoms with van der Waals surface area (Å²) >= 11 is 3.01. The average molecular weight is 287 g/mol. The highest BCUT2D eigenvalue weighted by molar-refractivity contribution is 9.11. The molecule has 0 N–H and O–H groups in total. The van der Waals surface area contributed by atoms with E-state index in [0.29, 0.717) is 5.76 Å². The first-order chi connectivity index (χ1) is 7.78. The maximum Gasteiger partial charge on any atom is 0.336 e. The van der Waals surface area contributed by atoms with Gasteiger partial charge in [-0.3, -0.25) is 9.80 Å². The topological polar surface area (TPSA) is 32.8 Å². The van der Waals surface area contributed by atoms with Crippen LogP contribution in [0, 0.1) is 0 Å². The fraction of sp³-hybridized carbons (Fsp3) is 0.545. The van der Waals surface area contributed by atoms with E-state index in [1.807, 2.05) is 0 Å². The van der Waals surface area contributed by atoms with E-state index in [1.165, 1.54) is 45.3 Å². The zero-order chi connectivity index (χ0) is 11.4. The molecule has 0 saturated carbocycles. The smallest absolute Gasteiger partial charge is 0.336 e. The fourth-order valence-corrected chi connectivity index (χ4v) is 2.16. The molecule has 3 fully saturated rings. The number of fused-ring (bicyclic) bond motifs is 3. The normalized spacial score (nSPS) is 33.6. The van der Waals surface area contributed by atoms with Gasteiger partial charge in [-0.2, -0.15) is 0 Å². The Morgan fingerprint density at radius 3 is 1.75 bits per heavy atom. The molecule has 0 unspecified atom stereocenters. The molecule has 3 saturated heterocycles. The summed E-state index contributed by atoms with van der Waals surface area (Å²) in [5.41, 5.74) is 0. The molecule has 5 heteroatoms. The van der Waals surface area contributed by atoms with Crippen molar-refractivity contribution in [3.8, 4) is 0 Å². The third-order valence-corrected chi connectivity index (χ3v) is 3.36. The number of allylic oxidation sites excluding steroid dienone is 1. The summed E-state index contributed by atoms with van der Waals surface area (Å²) in [5.74, 6) is 0.241. The van der Waals surface area contributed by atoms with E-state index in [9.17, 15) is 4.79 Å². The second kappa shape index (κ2) is 5.61. The zero-order valence-corrected chi connectivity index (χ0v) is 10.6. The molecule has 0 spiro atoms. The van der Waals surface area contributed by atoms with E-state index in [2.05, 4.69) is 30.5 Å². The highest BCUT2D eigenvalue weighted by atomic mass is 79.9. The van der Waals surface area contributed by atoms with Crippen molar-refractivity contribution in [3.05, 3.63) is 22.9 Å². The maximum absolute atomic E-state index is 10.2. The number of halogens is 1. The van der Waals surface area contributed by atoms with Crippen LogP contribution in [0.1, 0.15) is 0 Å². The number of hydrogen-bond donors (Lipinski definition) is 0. The van der Waals surface area contributed by atoms with Gasteiger partial charge in [0.15, 0.2) is 0 Å². The molecule has 4 heterocycles. The van der Waals surface area contributed by atoms with Crippen molar-refractivity contribution in [1.82, 2.24) is 9.80 Å². The van der Waals surface area contributed by atoms with E-state index >= 15 is 0 Å². The second-order valence-corrected chi connectivity index (χ2v) is 4.41. The Bertz CT molecular complexity index is 297. The summed E-state index contributed by atoms with van der Waals surface area (Å²) < 4.78 is 4.57. The Balaban J connectivity index is 0.000000120. The van der Waals surface area contributed by atoms with Crippen molar-refractivity contribution in [3.63, 3.8) is 0 Å². The summed E-state index contributed by atoms with van der Waals surface area (Å²) in [4.78, 5) is 16.9. The third kappa shape index (κ3) is 3.17. The molecule has 0 amide bonds. The van der Waals surface area contributed by atoms with Gasteiger partial charge in [0.25, 0.3) is 0 Å². The Hall–Kier alpha value is -0.650. The van der Waals surface area contributed by atoms with Crippen LogP contribution in [0.5, 0.6) is 0 Å². The number of piperazine rings is 3. The molecule has 4 rings (SSSR count). The van der Waals surface area contributed by atoms with Crippen LogP contribution in [0.3, 0.4) is 0 Å². The Kier molecular flexibility index (Phi) is 4.15. The maximum atomic E-state index is 10.2. The molecule has 0 atom stereocenters. The van der Waals surface area contributed by atoms with Gasteiger partial charge < -0.3 is 4.74 Å². The molecule has 16 heavy (non-hydrogen) atoms. The summed E-state index contributed by atoms with van der Waals surface area (Å²) in [5, 5.41) is 0. The number of cyclic esters (lactones) is 1. The average Bonchev–Trinajstić information content (AvgIpc) is 2.78. The molecule has 4 aliphatic heterocycles. The monoisotopic (exact) mass is 286 g/mol. The van der Waals surface area contributed by atoms with E-state index in [1.54, 1.807) is 11.1 Å². The molecule has 0 aliphatic carbocycles. The lowest BCUT2D eigenvalue weighted by atomic mass is 10.2. The van der Waals surface area contributed by atoms with Crippen LogP contribution in [0.15, 0.2) is 22.9 Å². The lowest BCUT2D eigenvalue weighted by molar-refractivity contribution is -0.132. The number of rotatable bonds is 0. The van der Waals surface area contributed by atoms with Crippen LogP contribution >= 0.6 is 15.9 Å². The summed E-state index contributed by atoms with van der Waals surface area (Å²) in [6, 6.07) is 0. The molecule has 2 bridgehead atoms. The van der Waals surface area contributed by atoms with Gasteiger partial charge in [0.05, 0.1) is 0 Å². The molecule has 0 radical (unpaired) electrons. The first-order valence-electron chi connectivity index (χ1n) is 5.43. The predicted octanol–water partition coefficient (Wildman–Crippen LogP) is 0.953. The molecule has 0 aromatic heterocycles. The number of nitrogens with zero attached hydrogens (tertiary/aromatic N) is 2. The SMILES string of the molecule is C1CN2CCN1CC2.O=C1C=C/C(=C/Br)O1. The second-order valence-electron chi connectivity index (χ2n) is 3.95. The molecule has 88 valence electrons. The minimum Gasteiger partial charge on any atom is -0.423 e. The Morgan fingerprint density at radius 2 is 1.56 bits per heavy atom. The largest absolute Gasteiger partial charge is 0.423 e. The van der Waals surface area contributed by atoms with Crippen molar-refractivity contribution in [2.75, 3.05) is 39.3 Å². The lowest BCUT2D eigenvalue weighted by Gasteiger charge is -2.41. The molecule has 0 aromatic rings. The predicted molar refractivity (Wildman–Crippen MR) is 65.1 cm³/mol. The van der Waals surface area contributed by atoms with Crippen molar-refractivity contribution < 1.29 is 9.53 Å². The fourth-order valence-electron chi connectivity index (χ4n) is 1.91. The Labute approximate surface area is 104 Å². The van der Waals surface area contributed by atoms with Crippen LogP contribution < -0.4 is 0 Å². The van der Waals surface area contributed by atoms with E-state index in [0.717, 1.165) is 0 Å². The van der Waals surface area contributed by atoms with Crippen LogP contribution in [-0.4, -0.2) is 55.0 Å². The number of hydrogen-bond acceptors (Lipinski definition) is 4. The van der Waals surface area contributed by atoms with Gasteiger partial charge in [-0.15, -0.1) is 0 Å². The molecular weight excluding hydrogens is 272 g/mol. The van der Waals surface area contributed by atoms with Gasteiger partial charge in [0.2, 0.25) is 0 Å². The van der Waals surface area contributed by atoms with Crippen molar-refractivity contribution >= 4 is 21.9 Å². The summed E-state index contributed by atoms with van der Waals surface area (Å²) in [6.45, 7) is 7.92. The van der Waals surface area contributed by atoms with E-state index in [4.69, 9.17) is 0 Å². The molecule has 4 nitrogen and oxygen atoms in total. The van der Waals surface area contributed by atoms with E-state index < -0.39 is 0 Å². The van der Waals surface area contributed by atoms with Crippen LogP contribution in [0.2, 0.25) is 0 Å². The van der Waals surface area contributed by atoms with Gasteiger partial charge in [-0.1, -0.05) is 15.9 Å². The van der Waals surface area contributed by atoms with Gasteiger partial charge in [0, 0.05) is 50.3 Å². The summed E-state index contributed by atoms with van der Waals surface area (Å²) in [6.07, 6.45) is 2.96. The van der Waals surface area contributed by atoms with Crippen molar-refractivity contribution in [2.45, 2.75) is 0 Å². The van der Waals surface area contributed by atoms with Crippen molar-refractivity contribution in [1.29, 1.82) is 0 Å². The molecule has 4 aliphatic rings. The number of carbonyl (C=O) groups excluding carboxylic acids is 1. The minimum atomic E-state index is -0.310. The number of esters is 1. The molecule has 0 aromatic carbocycles. The molecular formula is C11H15BrN2O2. The third-order valence-electron chi connectivity index (χ3n) is 2.91. The van der Waals surface area contributed by atoms with Gasteiger partial charge in [-0.05, 0) is 6.08 Å². The van der Waals surface area contributed by atoms with Gasteiger partial charge in [-0.25, -0.2) is 4.79 Å². The van der Waals surface area contributed by atoms with Crippen molar-refractivity contribution in [2.24, 2.45) is 0 Å². The highest BCUT2D eigenvalue weighted by Crippen LogP contribution is 2.09.